The highest BCUT2D eigenvalue weighted by atomic mass is 32.1. The fraction of sp³-hybridized carbons (Fsp3) is 0.423. The van der Waals surface area contributed by atoms with Gasteiger partial charge in [0.15, 0.2) is 0 Å². The van der Waals surface area contributed by atoms with Crippen LogP contribution >= 0.6 is 11.3 Å². The number of aliphatic hydroxyl groups is 1. The van der Waals surface area contributed by atoms with Crippen LogP contribution in [0.1, 0.15) is 49.7 Å². The number of thiazole rings is 1. The topological polar surface area (TPSA) is 36.4 Å². The number of hydrogen-bond donors (Lipinski definition) is 1. The van der Waals surface area contributed by atoms with Crippen molar-refractivity contribution in [1.82, 2.24) is 9.88 Å². The molecule has 2 unspecified atom stereocenters. The van der Waals surface area contributed by atoms with Gasteiger partial charge in [0, 0.05) is 47.6 Å². The Labute approximate surface area is 196 Å². The van der Waals surface area contributed by atoms with Crippen LogP contribution in [0, 0.1) is 23.4 Å². The van der Waals surface area contributed by atoms with Crippen LogP contribution in [0.4, 0.5) is 13.2 Å². The Balaban J connectivity index is 1.61. The summed E-state index contributed by atoms with van der Waals surface area (Å²) < 4.78 is 41.7. The lowest BCUT2D eigenvalue weighted by atomic mass is 9.80. The van der Waals surface area contributed by atoms with Crippen molar-refractivity contribution in [2.75, 3.05) is 6.54 Å². The fourth-order valence-corrected chi connectivity index (χ4v) is 5.62. The Kier molecular flexibility index (Phi) is 6.93. The standard InChI is InChI=1S/C26H29F3N2OS/c1-16(2)10-12-26(32,21-9-8-20(28)14-22(21)29)17(3)31-13-11-23-24(15-31)33-25(30-23)18-4-6-19(27)7-5-18/h4-9,14,16-17,32H,10-13,15H2,1-3H3. The predicted molar refractivity (Wildman–Crippen MR) is 125 cm³/mol. The molecule has 4 rings (SSSR count). The lowest BCUT2D eigenvalue weighted by Gasteiger charge is -2.43. The molecule has 176 valence electrons. The van der Waals surface area contributed by atoms with E-state index in [0.717, 1.165) is 27.2 Å². The van der Waals surface area contributed by atoms with Gasteiger partial charge in [0.2, 0.25) is 0 Å². The van der Waals surface area contributed by atoms with E-state index in [0.29, 0.717) is 38.3 Å². The molecule has 1 aromatic heterocycles. The van der Waals surface area contributed by atoms with Crippen LogP contribution in [0.25, 0.3) is 10.6 Å². The number of benzene rings is 2. The maximum absolute atomic E-state index is 14.8. The molecule has 2 aromatic carbocycles. The first kappa shape index (κ1) is 23.9. The zero-order valence-corrected chi connectivity index (χ0v) is 19.9. The molecule has 0 radical (unpaired) electrons. The summed E-state index contributed by atoms with van der Waals surface area (Å²) in [5.74, 6) is -1.33. The highest BCUT2D eigenvalue weighted by Gasteiger charge is 2.42. The summed E-state index contributed by atoms with van der Waals surface area (Å²) >= 11 is 1.56. The molecular weight excluding hydrogens is 445 g/mol. The van der Waals surface area contributed by atoms with Crippen LogP contribution in [0.15, 0.2) is 42.5 Å². The molecule has 0 aliphatic carbocycles. The van der Waals surface area contributed by atoms with Crippen molar-refractivity contribution in [3.8, 4) is 10.6 Å². The molecule has 0 bridgehead atoms. The van der Waals surface area contributed by atoms with E-state index in [1.807, 2.05) is 6.92 Å². The van der Waals surface area contributed by atoms with Gasteiger partial charge in [0.05, 0.1) is 5.69 Å². The van der Waals surface area contributed by atoms with E-state index in [1.165, 1.54) is 24.3 Å². The molecule has 33 heavy (non-hydrogen) atoms. The van der Waals surface area contributed by atoms with Crippen LogP contribution in [0.5, 0.6) is 0 Å². The molecule has 0 saturated carbocycles. The van der Waals surface area contributed by atoms with Gasteiger partial charge in [-0.05, 0) is 56.0 Å². The number of halogens is 3. The van der Waals surface area contributed by atoms with Gasteiger partial charge in [-0.2, -0.15) is 0 Å². The first-order valence-electron chi connectivity index (χ1n) is 11.3. The zero-order valence-electron chi connectivity index (χ0n) is 19.1. The SMILES string of the molecule is CC(C)CCC(O)(c1ccc(F)cc1F)C(C)N1CCc2nc(-c3ccc(F)cc3)sc2C1. The van der Waals surface area contributed by atoms with Gasteiger partial charge in [-0.15, -0.1) is 11.3 Å². The van der Waals surface area contributed by atoms with Crippen molar-refractivity contribution in [1.29, 1.82) is 0 Å². The van der Waals surface area contributed by atoms with Gasteiger partial charge < -0.3 is 5.11 Å². The fourth-order valence-electron chi connectivity index (χ4n) is 4.48. The average molecular weight is 475 g/mol. The third-order valence-electron chi connectivity index (χ3n) is 6.59. The summed E-state index contributed by atoms with van der Waals surface area (Å²) in [4.78, 5) is 8.00. The number of nitrogens with zero attached hydrogens (tertiary/aromatic N) is 2. The molecule has 3 aromatic rings. The summed E-state index contributed by atoms with van der Waals surface area (Å²) in [6, 6.07) is 9.33. The molecule has 1 aliphatic heterocycles. The van der Waals surface area contributed by atoms with E-state index >= 15 is 0 Å². The second-order valence-electron chi connectivity index (χ2n) is 9.27. The van der Waals surface area contributed by atoms with Gasteiger partial charge in [0.1, 0.15) is 28.1 Å². The molecule has 1 N–H and O–H groups in total. The second kappa shape index (κ2) is 9.57. The molecule has 0 saturated heterocycles. The maximum Gasteiger partial charge on any atom is 0.132 e. The molecule has 0 fully saturated rings. The lowest BCUT2D eigenvalue weighted by molar-refractivity contribution is -0.0623. The normalized spacial score (nSPS) is 17.1. The molecule has 3 nitrogen and oxygen atoms in total. The first-order valence-corrected chi connectivity index (χ1v) is 12.2. The molecule has 2 heterocycles. The van der Waals surface area contributed by atoms with Crippen molar-refractivity contribution in [3.63, 3.8) is 0 Å². The molecule has 0 amide bonds. The summed E-state index contributed by atoms with van der Waals surface area (Å²) in [6.45, 7) is 7.30. The Hall–Kier alpha value is -2.22. The Morgan fingerprint density at radius 1 is 1.06 bits per heavy atom. The maximum atomic E-state index is 14.8. The van der Waals surface area contributed by atoms with Gasteiger partial charge in [-0.1, -0.05) is 19.9 Å². The third kappa shape index (κ3) is 5.00. The van der Waals surface area contributed by atoms with E-state index < -0.39 is 17.2 Å². The monoisotopic (exact) mass is 474 g/mol. The van der Waals surface area contributed by atoms with Crippen molar-refractivity contribution in [3.05, 3.63) is 76.1 Å². The van der Waals surface area contributed by atoms with Crippen molar-refractivity contribution < 1.29 is 18.3 Å². The van der Waals surface area contributed by atoms with Crippen molar-refractivity contribution >= 4 is 11.3 Å². The van der Waals surface area contributed by atoms with E-state index in [1.54, 1.807) is 23.5 Å². The Bertz CT molecular complexity index is 1120. The number of hydrogen-bond acceptors (Lipinski definition) is 4. The van der Waals surface area contributed by atoms with Gasteiger partial charge in [0.25, 0.3) is 0 Å². The van der Waals surface area contributed by atoms with E-state index in [-0.39, 0.29) is 17.4 Å². The smallest absolute Gasteiger partial charge is 0.132 e. The van der Waals surface area contributed by atoms with E-state index in [9.17, 15) is 18.3 Å². The van der Waals surface area contributed by atoms with Gasteiger partial charge in [-0.25, -0.2) is 18.2 Å². The molecule has 1 aliphatic rings. The molecule has 2 atom stereocenters. The number of fused-ring (bicyclic) bond motifs is 1. The van der Waals surface area contributed by atoms with Crippen LogP contribution in [0.3, 0.4) is 0 Å². The number of aromatic nitrogens is 1. The summed E-state index contributed by atoms with van der Waals surface area (Å²) in [6.07, 6.45) is 1.80. The summed E-state index contributed by atoms with van der Waals surface area (Å²) in [5.41, 5.74) is 0.571. The molecular formula is C26H29F3N2OS. The second-order valence-corrected chi connectivity index (χ2v) is 10.4. The minimum Gasteiger partial charge on any atom is -0.383 e. The van der Waals surface area contributed by atoms with E-state index in [2.05, 4.69) is 18.7 Å². The van der Waals surface area contributed by atoms with Gasteiger partial charge in [-0.3, -0.25) is 4.90 Å². The highest BCUT2D eigenvalue weighted by Crippen LogP contribution is 2.39. The van der Waals surface area contributed by atoms with Crippen LogP contribution in [-0.2, 0) is 18.6 Å². The van der Waals surface area contributed by atoms with Crippen LogP contribution < -0.4 is 0 Å². The van der Waals surface area contributed by atoms with E-state index in [4.69, 9.17) is 4.98 Å². The predicted octanol–water partition coefficient (Wildman–Crippen LogP) is 6.30. The lowest BCUT2D eigenvalue weighted by Crippen LogP contribution is -2.51. The largest absolute Gasteiger partial charge is 0.383 e. The highest BCUT2D eigenvalue weighted by molar-refractivity contribution is 7.15. The van der Waals surface area contributed by atoms with Crippen molar-refractivity contribution in [2.24, 2.45) is 5.92 Å². The summed E-state index contributed by atoms with van der Waals surface area (Å²) in [5, 5.41) is 12.7. The zero-order chi connectivity index (χ0) is 23.8. The van der Waals surface area contributed by atoms with Crippen LogP contribution in [-0.4, -0.2) is 27.6 Å². The molecule has 0 spiro atoms. The first-order chi connectivity index (χ1) is 15.7. The number of rotatable bonds is 7. The molecule has 7 heteroatoms. The minimum atomic E-state index is -1.45. The third-order valence-corrected chi connectivity index (χ3v) is 7.72. The summed E-state index contributed by atoms with van der Waals surface area (Å²) in [7, 11) is 0. The minimum absolute atomic E-state index is 0.138. The van der Waals surface area contributed by atoms with Gasteiger partial charge >= 0.3 is 0 Å². The average Bonchev–Trinajstić information content (AvgIpc) is 3.20. The Morgan fingerprint density at radius 2 is 1.76 bits per heavy atom. The Morgan fingerprint density at radius 3 is 2.42 bits per heavy atom. The quantitative estimate of drug-likeness (QED) is 0.437. The van der Waals surface area contributed by atoms with Crippen LogP contribution in [0.2, 0.25) is 0 Å². The van der Waals surface area contributed by atoms with Crippen molar-refractivity contribution in [2.45, 2.75) is 58.2 Å².